The van der Waals surface area contributed by atoms with E-state index in [4.69, 9.17) is 32.9 Å². The van der Waals surface area contributed by atoms with Gasteiger partial charge in [0.2, 0.25) is 5.95 Å². The first kappa shape index (κ1) is 16.5. The zero-order chi connectivity index (χ0) is 17.6. The number of rotatable bonds is 3. The summed E-state index contributed by atoms with van der Waals surface area (Å²) < 4.78 is 7.59. The van der Waals surface area contributed by atoms with Crippen LogP contribution in [0.3, 0.4) is 0 Å². The molecule has 0 atom stereocenters. The van der Waals surface area contributed by atoms with Gasteiger partial charge in [0.1, 0.15) is 11.3 Å². The fourth-order valence-electron chi connectivity index (χ4n) is 3.40. The molecule has 5 nitrogen and oxygen atoms in total. The van der Waals surface area contributed by atoms with E-state index in [1.165, 1.54) is 0 Å². The number of hydrogen-bond acceptors (Lipinski definition) is 4. The largest absolute Gasteiger partial charge is 0.494 e. The van der Waals surface area contributed by atoms with E-state index < -0.39 is 0 Å². The minimum atomic E-state index is -0.0483. The average molecular weight is 378 g/mol. The fourth-order valence-corrected chi connectivity index (χ4v) is 3.91. The lowest BCUT2D eigenvalue weighted by Crippen LogP contribution is -2.28. The summed E-state index contributed by atoms with van der Waals surface area (Å²) in [6.07, 6.45) is 0.944. The molecule has 0 spiro atoms. The van der Waals surface area contributed by atoms with Crippen molar-refractivity contribution in [3.63, 3.8) is 0 Å². The van der Waals surface area contributed by atoms with Gasteiger partial charge in [-0.25, -0.2) is 4.98 Å². The van der Waals surface area contributed by atoms with Crippen LogP contribution in [0.25, 0.3) is 11.0 Å². The van der Waals surface area contributed by atoms with Gasteiger partial charge in [0.05, 0.1) is 29.9 Å². The summed E-state index contributed by atoms with van der Waals surface area (Å²) in [6.45, 7) is 1.59. The predicted molar refractivity (Wildman–Crippen MR) is 100 cm³/mol. The van der Waals surface area contributed by atoms with E-state index in [0.717, 1.165) is 47.7 Å². The molecule has 2 heterocycles. The molecule has 7 heteroatoms. The number of methoxy groups -OCH3 is 1. The Labute approximate surface area is 155 Å². The molecule has 0 aliphatic carbocycles. The van der Waals surface area contributed by atoms with E-state index in [1.807, 2.05) is 24.3 Å². The Morgan fingerprint density at radius 3 is 2.76 bits per heavy atom. The van der Waals surface area contributed by atoms with E-state index in [0.29, 0.717) is 15.8 Å². The van der Waals surface area contributed by atoms with Gasteiger partial charge in [0, 0.05) is 23.7 Å². The summed E-state index contributed by atoms with van der Waals surface area (Å²) in [5, 5.41) is 10.9. The Morgan fingerprint density at radius 1 is 1.20 bits per heavy atom. The molecule has 25 heavy (non-hydrogen) atoms. The maximum absolute atomic E-state index is 9.75. The molecule has 0 saturated carbocycles. The highest BCUT2D eigenvalue weighted by atomic mass is 35.5. The van der Waals surface area contributed by atoms with Crippen molar-refractivity contribution in [3.8, 4) is 5.75 Å². The van der Waals surface area contributed by atoms with Crippen molar-refractivity contribution in [2.45, 2.75) is 19.6 Å². The van der Waals surface area contributed by atoms with Gasteiger partial charge in [-0.05, 0) is 30.7 Å². The van der Waals surface area contributed by atoms with Crippen LogP contribution in [-0.2, 0) is 13.2 Å². The SMILES string of the molecule is COc1ccc(CO)c2c1nc1n2CCCN1c1ccc(Cl)cc1Cl. The topological polar surface area (TPSA) is 50.5 Å². The van der Waals surface area contributed by atoms with Crippen molar-refractivity contribution in [3.05, 3.63) is 45.9 Å². The second-order valence-corrected chi connectivity index (χ2v) is 6.79. The number of aliphatic hydroxyl groups is 1. The van der Waals surface area contributed by atoms with E-state index in [9.17, 15) is 5.11 Å². The number of imidazole rings is 1. The first-order chi connectivity index (χ1) is 12.1. The number of anilines is 2. The van der Waals surface area contributed by atoms with Crippen molar-refractivity contribution in [2.75, 3.05) is 18.6 Å². The molecule has 0 fully saturated rings. The molecule has 1 aromatic heterocycles. The van der Waals surface area contributed by atoms with Crippen LogP contribution in [0.1, 0.15) is 12.0 Å². The molecule has 0 saturated heterocycles. The van der Waals surface area contributed by atoms with E-state index in [-0.39, 0.29) is 6.61 Å². The smallest absolute Gasteiger partial charge is 0.211 e. The highest BCUT2D eigenvalue weighted by Gasteiger charge is 2.26. The highest BCUT2D eigenvalue weighted by Crippen LogP contribution is 2.39. The normalized spacial score (nSPS) is 14.0. The van der Waals surface area contributed by atoms with Crippen molar-refractivity contribution >= 4 is 45.9 Å². The number of halogens is 2. The number of aromatic nitrogens is 2. The number of fused-ring (bicyclic) bond motifs is 3. The molecule has 0 amide bonds. The van der Waals surface area contributed by atoms with Crippen molar-refractivity contribution in [2.24, 2.45) is 0 Å². The Morgan fingerprint density at radius 2 is 2.04 bits per heavy atom. The zero-order valence-corrected chi connectivity index (χ0v) is 15.2. The molecular weight excluding hydrogens is 361 g/mol. The Kier molecular flexibility index (Phi) is 4.23. The molecule has 4 rings (SSSR count). The summed E-state index contributed by atoms with van der Waals surface area (Å²) in [5.74, 6) is 1.49. The van der Waals surface area contributed by atoms with E-state index in [2.05, 4.69) is 9.47 Å². The van der Waals surface area contributed by atoms with Crippen LogP contribution in [0.4, 0.5) is 11.6 Å². The molecule has 3 aromatic rings. The minimum Gasteiger partial charge on any atom is -0.494 e. The number of nitrogens with zero attached hydrogens (tertiary/aromatic N) is 3. The van der Waals surface area contributed by atoms with Crippen LogP contribution in [0.15, 0.2) is 30.3 Å². The average Bonchev–Trinajstić information content (AvgIpc) is 3.01. The van der Waals surface area contributed by atoms with Gasteiger partial charge in [-0.2, -0.15) is 0 Å². The zero-order valence-electron chi connectivity index (χ0n) is 13.7. The number of ether oxygens (including phenoxy) is 1. The van der Waals surface area contributed by atoms with Crippen LogP contribution in [0.5, 0.6) is 5.75 Å². The molecule has 2 aromatic carbocycles. The second-order valence-electron chi connectivity index (χ2n) is 5.95. The van der Waals surface area contributed by atoms with Gasteiger partial charge in [0.25, 0.3) is 0 Å². The third kappa shape index (κ3) is 2.63. The summed E-state index contributed by atoms with van der Waals surface area (Å²) in [7, 11) is 1.62. The van der Waals surface area contributed by atoms with Crippen molar-refractivity contribution in [1.29, 1.82) is 0 Å². The van der Waals surface area contributed by atoms with Gasteiger partial charge in [-0.1, -0.05) is 29.3 Å². The van der Waals surface area contributed by atoms with Crippen LogP contribution >= 0.6 is 23.2 Å². The molecule has 1 aliphatic rings. The lowest BCUT2D eigenvalue weighted by Gasteiger charge is -2.30. The number of benzene rings is 2. The van der Waals surface area contributed by atoms with Crippen LogP contribution in [0, 0.1) is 0 Å². The van der Waals surface area contributed by atoms with Gasteiger partial charge >= 0.3 is 0 Å². The highest BCUT2D eigenvalue weighted by molar-refractivity contribution is 6.36. The first-order valence-electron chi connectivity index (χ1n) is 8.03. The Bertz CT molecular complexity index is 955. The third-order valence-corrected chi connectivity index (χ3v) is 5.05. The summed E-state index contributed by atoms with van der Waals surface area (Å²) in [4.78, 5) is 6.90. The van der Waals surface area contributed by atoms with Crippen LogP contribution in [0.2, 0.25) is 10.0 Å². The van der Waals surface area contributed by atoms with E-state index in [1.54, 1.807) is 13.2 Å². The second kappa shape index (κ2) is 6.41. The Hall–Kier alpha value is -1.95. The molecule has 0 unspecified atom stereocenters. The standard InChI is InChI=1S/C18H17Cl2N3O2/c1-25-15-6-3-11(10-24)17-16(15)21-18-22(7-2-8-23(17)18)14-5-4-12(19)9-13(14)20/h3-6,9,24H,2,7-8,10H2,1H3. The van der Waals surface area contributed by atoms with Gasteiger partial charge in [-0.15, -0.1) is 0 Å². The fraction of sp³-hybridized carbons (Fsp3) is 0.278. The number of aryl methyl sites for hydroxylation is 1. The summed E-state index contributed by atoms with van der Waals surface area (Å²) >= 11 is 12.4. The summed E-state index contributed by atoms with van der Waals surface area (Å²) in [5.41, 5.74) is 3.36. The van der Waals surface area contributed by atoms with Gasteiger partial charge < -0.3 is 19.3 Å². The molecule has 0 bridgehead atoms. The predicted octanol–water partition coefficient (Wildman–Crippen LogP) is 4.39. The van der Waals surface area contributed by atoms with E-state index >= 15 is 0 Å². The van der Waals surface area contributed by atoms with Crippen LogP contribution in [-0.4, -0.2) is 28.3 Å². The first-order valence-corrected chi connectivity index (χ1v) is 8.79. The number of hydrogen-bond donors (Lipinski definition) is 1. The summed E-state index contributed by atoms with van der Waals surface area (Å²) in [6, 6.07) is 9.19. The maximum atomic E-state index is 9.75. The van der Waals surface area contributed by atoms with Crippen LogP contribution < -0.4 is 9.64 Å². The maximum Gasteiger partial charge on any atom is 0.211 e. The third-order valence-electron chi connectivity index (χ3n) is 4.52. The number of aliphatic hydroxyl groups excluding tert-OH is 1. The Balaban J connectivity index is 1.95. The lowest BCUT2D eigenvalue weighted by atomic mass is 10.1. The molecule has 130 valence electrons. The molecule has 1 N–H and O–H groups in total. The van der Waals surface area contributed by atoms with Gasteiger partial charge in [-0.3, -0.25) is 0 Å². The molecular formula is C18H17Cl2N3O2. The lowest BCUT2D eigenvalue weighted by molar-refractivity contribution is 0.282. The quantitative estimate of drug-likeness (QED) is 0.735. The van der Waals surface area contributed by atoms with Crippen molar-refractivity contribution < 1.29 is 9.84 Å². The molecule has 0 radical (unpaired) electrons. The van der Waals surface area contributed by atoms with Crippen molar-refractivity contribution in [1.82, 2.24) is 9.55 Å². The minimum absolute atomic E-state index is 0.0483. The monoisotopic (exact) mass is 377 g/mol. The van der Waals surface area contributed by atoms with Gasteiger partial charge in [0.15, 0.2) is 0 Å². The molecule has 1 aliphatic heterocycles.